The lowest BCUT2D eigenvalue weighted by Crippen LogP contribution is -2.58. The average molecular weight is 371 g/mol. The number of hydrogen-bond acceptors (Lipinski definition) is 3. The number of pyridine rings is 1. The van der Waals surface area contributed by atoms with Gasteiger partial charge in [0.25, 0.3) is 0 Å². The fraction of sp³-hybridized carbons (Fsp3) is 0.417. The van der Waals surface area contributed by atoms with E-state index in [1.165, 1.54) is 5.56 Å². The Morgan fingerprint density at radius 3 is 2.64 bits per heavy atom. The molecule has 3 fully saturated rings. The van der Waals surface area contributed by atoms with Crippen molar-refractivity contribution in [3.05, 3.63) is 76.4 Å². The lowest BCUT2D eigenvalue weighted by molar-refractivity contribution is -0.0713. The summed E-state index contributed by atoms with van der Waals surface area (Å²) in [6.07, 6.45) is 3.40. The first-order valence-electron chi connectivity index (χ1n) is 10.0. The predicted octanol–water partition coefficient (Wildman–Crippen LogP) is 2.94. The molecule has 4 heterocycles. The molecule has 28 heavy (non-hydrogen) atoms. The van der Waals surface area contributed by atoms with Gasteiger partial charge in [0.15, 0.2) is 0 Å². The van der Waals surface area contributed by atoms with Gasteiger partial charge < -0.3 is 9.95 Å². The Balaban J connectivity index is 1.63. The maximum absolute atomic E-state index is 11.1. The van der Waals surface area contributed by atoms with Crippen LogP contribution in [0.3, 0.4) is 0 Å². The second-order valence-electron chi connectivity index (χ2n) is 7.82. The summed E-state index contributed by atoms with van der Waals surface area (Å²) in [5, 5.41) is 11.1. The average Bonchev–Trinajstić information content (AvgIpc) is 2.73. The quantitative estimate of drug-likeness (QED) is 0.664. The van der Waals surface area contributed by atoms with Crippen LogP contribution in [0, 0.1) is 24.3 Å². The standard InChI is InChI=1S/C24H25N3O/c1-25-14-10-22-8-7-20(23(26-22)17-19-5-3-2-4-6-19)9-13-24(28)18-27-15-11-21(24)12-16-27/h2-8,21,28H,10-12,14-18H2. The second kappa shape index (κ2) is 8.15. The van der Waals surface area contributed by atoms with Crippen LogP contribution in [0.1, 0.15) is 35.4 Å². The number of nitrogens with zero attached hydrogens (tertiary/aromatic N) is 3. The number of benzene rings is 1. The van der Waals surface area contributed by atoms with E-state index < -0.39 is 5.60 Å². The lowest BCUT2D eigenvalue weighted by Gasteiger charge is -2.47. The zero-order chi connectivity index (χ0) is 19.4. The van der Waals surface area contributed by atoms with Crippen LogP contribution in [0.2, 0.25) is 0 Å². The molecule has 1 aromatic heterocycles. The van der Waals surface area contributed by atoms with E-state index in [1.54, 1.807) is 0 Å². The highest BCUT2D eigenvalue weighted by molar-refractivity contribution is 5.43. The van der Waals surface area contributed by atoms with Crippen molar-refractivity contribution in [1.82, 2.24) is 9.88 Å². The fourth-order valence-electron chi connectivity index (χ4n) is 4.25. The van der Waals surface area contributed by atoms with Crippen LogP contribution in [0.25, 0.3) is 4.85 Å². The van der Waals surface area contributed by atoms with E-state index >= 15 is 0 Å². The summed E-state index contributed by atoms with van der Waals surface area (Å²) in [6, 6.07) is 14.2. The molecular weight excluding hydrogens is 346 g/mol. The molecule has 3 aliphatic heterocycles. The van der Waals surface area contributed by atoms with Crippen molar-refractivity contribution < 1.29 is 5.11 Å². The smallest absolute Gasteiger partial charge is 0.220 e. The van der Waals surface area contributed by atoms with Gasteiger partial charge in [0.1, 0.15) is 5.60 Å². The zero-order valence-electron chi connectivity index (χ0n) is 16.1. The minimum Gasteiger partial charge on any atom is -0.376 e. The summed E-state index contributed by atoms with van der Waals surface area (Å²) >= 11 is 0. The first kappa shape index (κ1) is 18.7. The van der Waals surface area contributed by atoms with Crippen LogP contribution in [-0.4, -0.2) is 46.8 Å². The van der Waals surface area contributed by atoms with Crippen molar-refractivity contribution in [1.29, 1.82) is 0 Å². The molecule has 4 nitrogen and oxygen atoms in total. The van der Waals surface area contributed by atoms with Crippen molar-refractivity contribution in [2.24, 2.45) is 5.92 Å². The summed E-state index contributed by atoms with van der Waals surface area (Å²) < 4.78 is 0. The zero-order valence-corrected chi connectivity index (χ0v) is 16.1. The van der Waals surface area contributed by atoms with Gasteiger partial charge >= 0.3 is 0 Å². The summed E-state index contributed by atoms with van der Waals surface area (Å²) in [7, 11) is 0. The number of fused-ring (bicyclic) bond motifs is 3. The third kappa shape index (κ3) is 4.09. The van der Waals surface area contributed by atoms with Crippen LogP contribution < -0.4 is 0 Å². The first-order valence-corrected chi connectivity index (χ1v) is 10.0. The van der Waals surface area contributed by atoms with Crippen molar-refractivity contribution >= 4 is 0 Å². The van der Waals surface area contributed by atoms with Gasteiger partial charge in [-0.2, -0.15) is 0 Å². The van der Waals surface area contributed by atoms with Gasteiger partial charge in [-0.05, 0) is 43.6 Å². The molecule has 2 bridgehead atoms. The van der Waals surface area contributed by atoms with E-state index in [4.69, 9.17) is 11.6 Å². The molecule has 4 heteroatoms. The van der Waals surface area contributed by atoms with Gasteiger partial charge in [-0.1, -0.05) is 42.2 Å². The largest absolute Gasteiger partial charge is 0.376 e. The topological polar surface area (TPSA) is 40.7 Å². The minimum atomic E-state index is -0.913. The molecule has 0 spiro atoms. The first-order chi connectivity index (χ1) is 13.7. The molecule has 1 unspecified atom stereocenters. The van der Waals surface area contributed by atoms with Crippen LogP contribution in [0.15, 0.2) is 42.5 Å². The van der Waals surface area contributed by atoms with Crippen molar-refractivity contribution in [3.63, 3.8) is 0 Å². The molecule has 3 aliphatic rings. The molecule has 1 aromatic carbocycles. The summed E-state index contributed by atoms with van der Waals surface area (Å²) in [5.41, 5.74) is 2.99. The number of aliphatic hydroxyl groups is 1. The van der Waals surface area contributed by atoms with Crippen molar-refractivity contribution in [2.75, 3.05) is 26.2 Å². The van der Waals surface area contributed by atoms with Crippen LogP contribution in [-0.2, 0) is 12.8 Å². The van der Waals surface area contributed by atoms with Crippen molar-refractivity contribution in [2.45, 2.75) is 31.3 Å². The van der Waals surface area contributed by atoms with Gasteiger partial charge in [0.05, 0.1) is 12.1 Å². The normalized spacial score (nSPS) is 25.6. The van der Waals surface area contributed by atoms with Crippen LogP contribution >= 0.6 is 0 Å². The van der Waals surface area contributed by atoms with E-state index in [1.807, 2.05) is 30.3 Å². The molecule has 0 aliphatic carbocycles. The highest BCUT2D eigenvalue weighted by Crippen LogP contribution is 2.35. The molecule has 0 amide bonds. The van der Waals surface area contributed by atoms with Gasteiger partial charge in [-0.25, -0.2) is 6.57 Å². The lowest BCUT2D eigenvalue weighted by atomic mass is 9.75. The molecule has 1 N–H and O–H groups in total. The molecule has 142 valence electrons. The molecule has 5 rings (SSSR count). The summed E-state index contributed by atoms with van der Waals surface area (Å²) in [4.78, 5) is 10.6. The maximum atomic E-state index is 11.1. The Bertz CT molecular complexity index is 930. The highest BCUT2D eigenvalue weighted by atomic mass is 16.3. The molecule has 2 aromatic rings. The Morgan fingerprint density at radius 2 is 1.96 bits per heavy atom. The maximum Gasteiger partial charge on any atom is 0.220 e. The summed E-state index contributed by atoms with van der Waals surface area (Å²) in [5.74, 6) is 6.74. The number of rotatable bonds is 4. The number of piperidine rings is 3. The third-order valence-electron chi connectivity index (χ3n) is 5.87. The predicted molar refractivity (Wildman–Crippen MR) is 110 cm³/mol. The molecule has 3 saturated heterocycles. The number of aromatic nitrogens is 1. The third-order valence-corrected chi connectivity index (χ3v) is 5.87. The van der Waals surface area contributed by atoms with Gasteiger partial charge in [-0.15, -0.1) is 0 Å². The van der Waals surface area contributed by atoms with E-state index in [0.29, 0.717) is 25.9 Å². The fourth-order valence-corrected chi connectivity index (χ4v) is 4.25. The van der Waals surface area contributed by atoms with Gasteiger partial charge in [-0.3, -0.25) is 9.88 Å². The van der Waals surface area contributed by atoms with Gasteiger partial charge in [0.2, 0.25) is 6.54 Å². The highest BCUT2D eigenvalue weighted by Gasteiger charge is 2.44. The Morgan fingerprint density at radius 1 is 1.18 bits per heavy atom. The van der Waals surface area contributed by atoms with E-state index in [2.05, 4.69) is 33.7 Å². The minimum absolute atomic E-state index is 0.272. The second-order valence-corrected chi connectivity index (χ2v) is 7.82. The molecule has 1 atom stereocenters. The van der Waals surface area contributed by atoms with Crippen LogP contribution in [0.5, 0.6) is 0 Å². The van der Waals surface area contributed by atoms with E-state index in [0.717, 1.165) is 42.9 Å². The SMILES string of the molecule is [C-]#[N+]CCc1ccc(C#CC2(O)CN3CCC2CC3)c(Cc2ccccc2)n1. The van der Waals surface area contributed by atoms with E-state index in [9.17, 15) is 5.11 Å². The Labute approximate surface area is 167 Å². The van der Waals surface area contributed by atoms with Crippen molar-refractivity contribution in [3.8, 4) is 11.8 Å². The van der Waals surface area contributed by atoms with Gasteiger partial charge in [0, 0.05) is 30.1 Å². The monoisotopic (exact) mass is 371 g/mol. The molecule has 0 saturated carbocycles. The Hall–Kier alpha value is -2.66. The molecular formula is C24H25N3O. The van der Waals surface area contributed by atoms with E-state index in [-0.39, 0.29) is 5.92 Å². The number of hydrogen-bond donors (Lipinski definition) is 1. The molecule has 0 radical (unpaired) electrons. The van der Waals surface area contributed by atoms with Crippen LogP contribution in [0.4, 0.5) is 0 Å². The Kier molecular flexibility index (Phi) is 5.44. The summed E-state index contributed by atoms with van der Waals surface area (Å²) in [6.45, 7) is 10.3.